The fraction of sp³-hybridized carbons (Fsp3) is 0.0476. The summed E-state index contributed by atoms with van der Waals surface area (Å²) in [6.45, 7) is 2.09. The number of hydrogen-bond acceptors (Lipinski definition) is 3. The van der Waals surface area contributed by atoms with E-state index in [1.807, 2.05) is 30.3 Å². The molecule has 0 unspecified atom stereocenters. The molecule has 25 heavy (non-hydrogen) atoms. The summed E-state index contributed by atoms with van der Waals surface area (Å²) in [6, 6.07) is 24.8. The van der Waals surface area contributed by atoms with E-state index < -0.39 is 0 Å². The molecule has 0 radical (unpaired) electrons. The molecule has 0 aliphatic carbocycles. The lowest BCUT2D eigenvalue weighted by Gasteiger charge is -2.10. The largest absolute Gasteiger partial charge is 0.338 e. The van der Waals surface area contributed by atoms with Gasteiger partial charge >= 0.3 is 0 Å². The Morgan fingerprint density at radius 3 is 2.48 bits per heavy atom. The summed E-state index contributed by atoms with van der Waals surface area (Å²) in [7, 11) is 0. The molecule has 1 aliphatic heterocycles. The van der Waals surface area contributed by atoms with E-state index in [2.05, 4.69) is 59.8 Å². The van der Waals surface area contributed by atoms with E-state index in [0.717, 1.165) is 39.2 Å². The molecule has 4 aromatic rings. The standard InChI is InChI=1S/C21H16N4/c1-14-10-12-15(13-11-14)20-16-6-2-4-8-18(16)22-21-17-7-3-5-9-19(17)23-25(21)24-20/h2-13,22H,1H3. The molecule has 0 fully saturated rings. The van der Waals surface area contributed by atoms with E-state index in [9.17, 15) is 0 Å². The van der Waals surface area contributed by atoms with Gasteiger partial charge in [0.1, 0.15) is 5.71 Å². The molecule has 0 amide bonds. The van der Waals surface area contributed by atoms with Gasteiger partial charge in [0.25, 0.3) is 0 Å². The lowest BCUT2D eigenvalue weighted by atomic mass is 10.00. The van der Waals surface area contributed by atoms with Crippen molar-refractivity contribution in [3.8, 4) is 0 Å². The second-order valence-electron chi connectivity index (χ2n) is 6.24. The number of aromatic nitrogens is 2. The quantitative estimate of drug-likeness (QED) is 0.485. The first-order valence-electron chi connectivity index (χ1n) is 8.30. The second-order valence-corrected chi connectivity index (χ2v) is 6.24. The Hall–Kier alpha value is -3.40. The normalized spacial score (nSPS) is 12.8. The van der Waals surface area contributed by atoms with Gasteiger partial charge in [-0.05, 0) is 25.1 Å². The van der Waals surface area contributed by atoms with Crippen LogP contribution in [0, 0.1) is 6.92 Å². The predicted molar refractivity (Wildman–Crippen MR) is 102 cm³/mol. The Bertz CT molecular complexity index is 1120. The fourth-order valence-corrected chi connectivity index (χ4v) is 3.21. The SMILES string of the molecule is Cc1ccc(C2=Nn3nc4ccccc4c3Nc3ccccc32)cc1. The van der Waals surface area contributed by atoms with Crippen LogP contribution in [0.3, 0.4) is 0 Å². The summed E-state index contributed by atoms with van der Waals surface area (Å²) in [4.78, 5) is 1.71. The van der Waals surface area contributed by atoms with Gasteiger partial charge in [-0.15, -0.1) is 15.0 Å². The van der Waals surface area contributed by atoms with E-state index in [1.165, 1.54) is 5.56 Å². The molecule has 1 N–H and O–H groups in total. The van der Waals surface area contributed by atoms with Crippen molar-refractivity contribution in [2.24, 2.45) is 5.10 Å². The zero-order valence-corrected chi connectivity index (χ0v) is 13.8. The lowest BCUT2D eigenvalue weighted by Crippen LogP contribution is -2.06. The third kappa shape index (κ3) is 2.22. The minimum Gasteiger partial charge on any atom is -0.338 e. The average molecular weight is 324 g/mol. The Labute approximate surface area is 145 Å². The van der Waals surface area contributed by atoms with Gasteiger partial charge in [0, 0.05) is 22.2 Å². The number of benzene rings is 3. The zero-order chi connectivity index (χ0) is 16.8. The summed E-state index contributed by atoms with van der Waals surface area (Å²) >= 11 is 0. The van der Waals surface area contributed by atoms with Crippen molar-refractivity contribution in [2.75, 3.05) is 5.32 Å². The lowest BCUT2D eigenvalue weighted by molar-refractivity contribution is 0.764. The molecule has 4 nitrogen and oxygen atoms in total. The Kier molecular flexibility index (Phi) is 2.97. The number of nitrogens with one attached hydrogen (secondary N) is 1. The van der Waals surface area contributed by atoms with Crippen molar-refractivity contribution in [1.29, 1.82) is 0 Å². The highest BCUT2D eigenvalue weighted by molar-refractivity contribution is 6.17. The third-order valence-electron chi connectivity index (χ3n) is 4.52. The van der Waals surface area contributed by atoms with Crippen LogP contribution >= 0.6 is 0 Å². The van der Waals surface area contributed by atoms with Gasteiger partial charge in [-0.25, -0.2) is 0 Å². The molecular formula is C21H16N4. The van der Waals surface area contributed by atoms with Gasteiger partial charge in [0.2, 0.25) is 0 Å². The van der Waals surface area contributed by atoms with E-state index in [0.29, 0.717) is 0 Å². The highest BCUT2D eigenvalue weighted by atomic mass is 15.5. The number of fused-ring (bicyclic) bond motifs is 4. The smallest absolute Gasteiger partial charge is 0.162 e. The summed E-state index contributed by atoms with van der Waals surface area (Å²) in [5, 5.41) is 14.1. The van der Waals surface area contributed by atoms with Crippen molar-refractivity contribution in [3.63, 3.8) is 0 Å². The maximum absolute atomic E-state index is 4.88. The molecule has 3 aromatic carbocycles. The van der Waals surface area contributed by atoms with Crippen LogP contribution in [0.4, 0.5) is 11.5 Å². The molecule has 0 atom stereocenters. The maximum Gasteiger partial charge on any atom is 0.162 e. The Morgan fingerprint density at radius 2 is 1.60 bits per heavy atom. The molecule has 0 saturated carbocycles. The molecule has 0 saturated heterocycles. The maximum atomic E-state index is 4.88. The minimum absolute atomic E-state index is 0.894. The minimum atomic E-state index is 0.894. The number of nitrogens with zero attached hydrogens (tertiary/aromatic N) is 3. The van der Waals surface area contributed by atoms with Crippen molar-refractivity contribution in [1.82, 2.24) is 9.89 Å². The van der Waals surface area contributed by atoms with Gasteiger partial charge < -0.3 is 5.32 Å². The number of rotatable bonds is 1. The summed E-state index contributed by atoms with van der Waals surface area (Å²) < 4.78 is 0. The van der Waals surface area contributed by atoms with Crippen LogP contribution in [0.25, 0.3) is 10.9 Å². The molecule has 1 aliphatic rings. The monoisotopic (exact) mass is 324 g/mol. The first kappa shape index (κ1) is 14.0. The van der Waals surface area contributed by atoms with Gasteiger partial charge in [0.05, 0.1) is 5.52 Å². The number of hydrogen-bond donors (Lipinski definition) is 1. The van der Waals surface area contributed by atoms with E-state index in [1.54, 1.807) is 4.79 Å². The third-order valence-corrected chi connectivity index (χ3v) is 4.52. The van der Waals surface area contributed by atoms with Crippen molar-refractivity contribution < 1.29 is 0 Å². The Morgan fingerprint density at radius 1 is 0.840 bits per heavy atom. The van der Waals surface area contributed by atoms with Crippen LogP contribution < -0.4 is 5.32 Å². The molecule has 1 aromatic heterocycles. The van der Waals surface area contributed by atoms with E-state index >= 15 is 0 Å². The Balaban J connectivity index is 1.81. The van der Waals surface area contributed by atoms with Crippen LogP contribution in [0.5, 0.6) is 0 Å². The topological polar surface area (TPSA) is 42.2 Å². The van der Waals surface area contributed by atoms with Gasteiger partial charge in [-0.2, -0.15) is 0 Å². The van der Waals surface area contributed by atoms with Gasteiger partial charge in [0.15, 0.2) is 5.82 Å². The van der Waals surface area contributed by atoms with Crippen molar-refractivity contribution >= 4 is 28.1 Å². The van der Waals surface area contributed by atoms with Crippen LogP contribution in [-0.2, 0) is 0 Å². The highest BCUT2D eigenvalue weighted by Gasteiger charge is 2.20. The summed E-state index contributed by atoms with van der Waals surface area (Å²) in [5.41, 5.74) is 6.25. The van der Waals surface area contributed by atoms with Crippen LogP contribution in [-0.4, -0.2) is 15.6 Å². The molecule has 120 valence electrons. The van der Waals surface area contributed by atoms with Crippen molar-refractivity contribution in [2.45, 2.75) is 6.92 Å². The van der Waals surface area contributed by atoms with Crippen LogP contribution in [0.1, 0.15) is 16.7 Å². The molecule has 5 rings (SSSR count). The van der Waals surface area contributed by atoms with E-state index in [-0.39, 0.29) is 0 Å². The fourth-order valence-electron chi connectivity index (χ4n) is 3.21. The summed E-state index contributed by atoms with van der Waals surface area (Å²) in [5.74, 6) is 0.894. The van der Waals surface area contributed by atoms with Crippen LogP contribution in [0.2, 0.25) is 0 Å². The zero-order valence-electron chi connectivity index (χ0n) is 13.8. The average Bonchev–Trinajstić information content (AvgIpc) is 2.90. The van der Waals surface area contributed by atoms with Crippen molar-refractivity contribution in [3.05, 3.63) is 89.5 Å². The molecule has 0 spiro atoms. The molecule has 4 heteroatoms. The van der Waals surface area contributed by atoms with Crippen LogP contribution in [0.15, 0.2) is 77.9 Å². The molecular weight excluding hydrogens is 308 g/mol. The number of para-hydroxylation sites is 1. The first-order chi connectivity index (χ1) is 12.3. The second kappa shape index (κ2) is 5.31. The molecule has 0 bridgehead atoms. The summed E-state index contributed by atoms with van der Waals surface area (Å²) in [6.07, 6.45) is 0. The van der Waals surface area contributed by atoms with Gasteiger partial charge in [-0.1, -0.05) is 60.2 Å². The van der Waals surface area contributed by atoms with Gasteiger partial charge in [-0.3, -0.25) is 0 Å². The highest BCUT2D eigenvalue weighted by Crippen LogP contribution is 2.32. The van der Waals surface area contributed by atoms with E-state index in [4.69, 9.17) is 5.10 Å². The number of anilines is 2. The number of aryl methyl sites for hydroxylation is 1. The first-order valence-corrected chi connectivity index (χ1v) is 8.30. The molecule has 2 heterocycles. The predicted octanol–water partition coefficient (Wildman–Crippen LogP) is 4.70.